The Morgan fingerprint density at radius 2 is 1.79 bits per heavy atom. The number of rotatable bonds is 3. The SMILES string of the molecule is N#CC1CCCN1C(=O)CN(Cl)[C@@H]1C[C@@H]2CN(C(=O)N3CCOCC3)C[C@@H]2C1. The van der Waals surface area contributed by atoms with Crippen LogP contribution in [0.25, 0.3) is 0 Å². The maximum Gasteiger partial charge on any atom is 0.320 e. The number of likely N-dealkylation sites (tertiary alicyclic amines) is 2. The molecule has 8 nitrogen and oxygen atoms in total. The summed E-state index contributed by atoms with van der Waals surface area (Å²) in [5, 5.41) is 9.17. The Hall–Kier alpha value is -1.56. The van der Waals surface area contributed by atoms with Crippen molar-refractivity contribution in [2.45, 2.75) is 37.8 Å². The molecule has 1 aliphatic carbocycles. The molecular weight excluding hydrogens is 382 g/mol. The number of urea groups is 1. The molecule has 0 radical (unpaired) electrons. The number of nitriles is 1. The molecule has 0 aromatic carbocycles. The van der Waals surface area contributed by atoms with Crippen LogP contribution in [0.4, 0.5) is 4.79 Å². The van der Waals surface area contributed by atoms with Gasteiger partial charge in [0.2, 0.25) is 5.91 Å². The van der Waals surface area contributed by atoms with E-state index in [4.69, 9.17) is 16.5 Å². The molecule has 3 saturated heterocycles. The fourth-order valence-corrected chi connectivity index (χ4v) is 5.42. The van der Waals surface area contributed by atoms with Crippen molar-refractivity contribution >= 4 is 23.7 Å². The van der Waals surface area contributed by atoms with Crippen LogP contribution in [0.3, 0.4) is 0 Å². The van der Waals surface area contributed by atoms with Gasteiger partial charge in [-0.3, -0.25) is 4.79 Å². The normalized spacial score (nSPS) is 32.7. The van der Waals surface area contributed by atoms with Gasteiger partial charge in [-0.15, -0.1) is 0 Å². The van der Waals surface area contributed by atoms with Crippen molar-refractivity contribution in [2.24, 2.45) is 11.8 Å². The average molecular weight is 410 g/mol. The van der Waals surface area contributed by atoms with Crippen LogP contribution in [0.15, 0.2) is 0 Å². The molecule has 3 aliphatic heterocycles. The number of amides is 3. The molecule has 0 spiro atoms. The minimum Gasteiger partial charge on any atom is -0.378 e. The number of nitrogens with zero attached hydrogens (tertiary/aromatic N) is 5. The van der Waals surface area contributed by atoms with Crippen molar-refractivity contribution < 1.29 is 14.3 Å². The maximum absolute atomic E-state index is 12.7. The highest BCUT2D eigenvalue weighted by Gasteiger charge is 2.45. The third-order valence-corrected chi connectivity index (χ3v) is 7.08. The van der Waals surface area contributed by atoms with Gasteiger partial charge in [0, 0.05) is 38.8 Å². The summed E-state index contributed by atoms with van der Waals surface area (Å²) < 4.78 is 6.97. The van der Waals surface area contributed by atoms with Crippen LogP contribution in [0, 0.1) is 23.2 Å². The second-order valence-corrected chi connectivity index (χ2v) is 8.80. The molecule has 0 N–H and O–H groups in total. The van der Waals surface area contributed by atoms with Gasteiger partial charge in [0.25, 0.3) is 0 Å². The van der Waals surface area contributed by atoms with Gasteiger partial charge in [0.1, 0.15) is 6.04 Å². The summed E-state index contributed by atoms with van der Waals surface area (Å²) in [6.07, 6.45) is 3.46. The molecule has 4 aliphatic rings. The second kappa shape index (κ2) is 8.44. The van der Waals surface area contributed by atoms with Gasteiger partial charge in [-0.2, -0.15) is 5.26 Å². The minimum atomic E-state index is -0.305. The predicted octanol–water partition coefficient (Wildman–Crippen LogP) is 1.12. The number of halogens is 1. The van der Waals surface area contributed by atoms with Crippen LogP contribution in [-0.2, 0) is 9.53 Å². The second-order valence-electron chi connectivity index (χ2n) is 8.36. The van der Waals surface area contributed by atoms with E-state index in [1.807, 2.05) is 9.80 Å². The van der Waals surface area contributed by atoms with Gasteiger partial charge in [0.15, 0.2) is 0 Å². The summed E-state index contributed by atoms with van der Waals surface area (Å²) in [5.74, 6) is 0.843. The molecule has 4 atom stereocenters. The fraction of sp³-hybridized carbons (Fsp3) is 0.842. The summed E-state index contributed by atoms with van der Waals surface area (Å²) in [6.45, 7) is 4.94. The molecule has 0 bridgehead atoms. The van der Waals surface area contributed by atoms with Gasteiger partial charge in [-0.05, 0) is 49.3 Å². The lowest BCUT2D eigenvalue weighted by Crippen LogP contribution is -2.48. The Morgan fingerprint density at radius 3 is 2.43 bits per heavy atom. The van der Waals surface area contributed by atoms with E-state index in [9.17, 15) is 14.9 Å². The van der Waals surface area contributed by atoms with Crippen LogP contribution in [0.2, 0.25) is 0 Å². The summed E-state index contributed by atoms with van der Waals surface area (Å²) in [5.41, 5.74) is 0. The highest BCUT2D eigenvalue weighted by atomic mass is 35.5. The molecular formula is C19H28ClN5O3. The van der Waals surface area contributed by atoms with Gasteiger partial charge in [-0.25, -0.2) is 9.21 Å². The highest BCUT2D eigenvalue weighted by Crippen LogP contribution is 2.41. The van der Waals surface area contributed by atoms with Crippen molar-refractivity contribution in [2.75, 3.05) is 52.5 Å². The highest BCUT2D eigenvalue weighted by molar-refractivity contribution is 6.14. The number of carbonyl (C=O) groups excluding carboxylic acids is 2. The van der Waals surface area contributed by atoms with Crippen molar-refractivity contribution in [1.82, 2.24) is 19.1 Å². The van der Waals surface area contributed by atoms with Crippen LogP contribution in [0.1, 0.15) is 25.7 Å². The Kier molecular flexibility index (Phi) is 5.95. The number of morpholine rings is 1. The van der Waals surface area contributed by atoms with E-state index in [0.29, 0.717) is 44.7 Å². The van der Waals surface area contributed by atoms with Crippen LogP contribution < -0.4 is 0 Å². The Balaban J connectivity index is 1.26. The lowest BCUT2D eigenvalue weighted by atomic mass is 10.0. The van der Waals surface area contributed by atoms with Gasteiger partial charge >= 0.3 is 6.03 Å². The predicted molar refractivity (Wildman–Crippen MR) is 102 cm³/mol. The third kappa shape index (κ3) is 3.93. The van der Waals surface area contributed by atoms with Crippen molar-refractivity contribution in [3.63, 3.8) is 0 Å². The topological polar surface area (TPSA) is 80.1 Å². The lowest BCUT2D eigenvalue weighted by Gasteiger charge is -2.32. The van der Waals surface area contributed by atoms with E-state index in [0.717, 1.165) is 38.8 Å². The minimum absolute atomic E-state index is 0.0553. The van der Waals surface area contributed by atoms with Crippen LogP contribution in [0.5, 0.6) is 0 Å². The number of ether oxygens (including phenoxy) is 1. The molecule has 154 valence electrons. The number of fused-ring (bicyclic) bond motifs is 1. The maximum atomic E-state index is 12.7. The van der Waals surface area contributed by atoms with Crippen molar-refractivity contribution in [3.05, 3.63) is 0 Å². The Bertz CT molecular complexity index is 636. The van der Waals surface area contributed by atoms with E-state index < -0.39 is 0 Å². The molecule has 3 amide bonds. The van der Waals surface area contributed by atoms with Crippen LogP contribution in [-0.4, -0.2) is 95.6 Å². The zero-order chi connectivity index (χ0) is 19.7. The number of hydrogen-bond acceptors (Lipinski definition) is 5. The Morgan fingerprint density at radius 1 is 1.11 bits per heavy atom. The van der Waals surface area contributed by atoms with Gasteiger partial charge in [0.05, 0.1) is 25.8 Å². The fourth-order valence-electron chi connectivity index (χ4n) is 5.16. The number of hydrogen-bond donors (Lipinski definition) is 0. The molecule has 0 aromatic heterocycles. The molecule has 4 rings (SSSR count). The van der Waals surface area contributed by atoms with E-state index in [1.165, 1.54) is 0 Å². The quantitative estimate of drug-likeness (QED) is 0.652. The molecule has 4 fully saturated rings. The van der Waals surface area contributed by atoms with Crippen LogP contribution >= 0.6 is 11.8 Å². The summed E-state index contributed by atoms with van der Waals surface area (Å²) >= 11 is 6.48. The molecule has 28 heavy (non-hydrogen) atoms. The summed E-state index contributed by atoms with van der Waals surface area (Å²) in [6, 6.07) is 2.19. The van der Waals surface area contributed by atoms with E-state index >= 15 is 0 Å². The molecule has 0 aromatic rings. The molecule has 3 heterocycles. The van der Waals surface area contributed by atoms with E-state index in [2.05, 4.69) is 6.07 Å². The zero-order valence-electron chi connectivity index (χ0n) is 16.1. The van der Waals surface area contributed by atoms with Crippen molar-refractivity contribution in [3.8, 4) is 6.07 Å². The standard InChI is InChI=1S/C19H28ClN5O3/c20-25(13-18(26)24-3-1-2-16(24)10-21)17-8-14-11-23(12-15(14)9-17)19(27)22-4-6-28-7-5-22/h14-17H,1-9,11-13H2/t14-,15+,16?,17-. The van der Waals surface area contributed by atoms with Gasteiger partial charge in [-0.1, -0.05) is 0 Å². The molecule has 1 saturated carbocycles. The lowest BCUT2D eigenvalue weighted by molar-refractivity contribution is -0.131. The first kappa shape index (κ1) is 19.7. The smallest absolute Gasteiger partial charge is 0.320 e. The molecule has 1 unspecified atom stereocenters. The van der Waals surface area contributed by atoms with Crippen molar-refractivity contribution in [1.29, 1.82) is 5.26 Å². The largest absolute Gasteiger partial charge is 0.378 e. The summed E-state index contributed by atoms with van der Waals surface area (Å²) in [4.78, 5) is 30.7. The third-order valence-electron chi connectivity index (χ3n) is 6.68. The first-order valence-corrected chi connectivity index (χ1v) is 10.6. The van der Waals surface area contributed by atoms with E-state index in [-0.39, 0.29) is 30.6 Å². The molecule has 9 heteroatoms. The monoisotopic (exact) mass is 409 g/mol. The first-order chi connectivity index (χ1) is 13.6. The number of carbonyl (C=O) groups is 2. The Labute approximate surface area is 171 Å². The average Bonchev–Trinajstić information content (AvgIpc) is 3.42. The first-order valence-electron chi connectivity index (χ1n) is 10.3. The van der Waals surface area contributed by atoms with E-state index in [1.54, 1.807) is 9.32 Å². The zero-order valence-corrected chi connectivity index (χ0v) is 16.9. The van der Waals surface area contributed by atoms with Gasteiger partial charge < -0.3 is 19.4 Å². The summed E-state index contributed by atoms with van der Waals surface area (Å²) in [7, 11) is 0.